The number of nitrogens with zero attached hydrogens (tertiary/aromatic N) is 1. The third-order valence-electron chi connectivity index (χ3n) is 5.99. The molecule has 1 N–H and O–H groups in total. The Hall–Kier alpha value is -0.860. The van der Waals surface area contributed by atoms with Crippen LogP contribution in [0.2, 0.25) is 0 Å². The van der Waals surface area contributed by atoms with E-state index in [4.69, 9.17) is 0 Å². The number of hydrogen-bond donors (Lipinski definition) is 1. The largest absolute Gasteiger partial charge is 0.320 e. The first-order valence-corrected chi connectivity index (χ1v) is 9.26. The number of hydrogen-bond acceptors (Lipinski definition) is 2. The zero-order valence-electron chi connectivity index (χ0n) is 14.2. The van der Waals surface area contributed by atoms with Gasteiger partial charge in [-0.25, -0.2) is 0 Å². The number of nitrogens with one attached hydrogen (secondary N) is 1. The molecule has 2 aliphatic rings. The molecular formula is C20H32N2. The summed E-state index contributed by atoms with van der Waals surface area (Å²) in [6, 6.07) is 11.2. The summed E-state index contributed by atoms with van der Waals surface area (Å²) in [5.41, 5.74) is 1.98. The molecule has 1 aliphatic carbocycles. The number of benzene rings is 1. The zero-order chi connectivity index (χ0) is 15.3. The van der Waals surface area contributed by atoms with Crippen molar-refractivity contribution in [2.75, 3.05) is 26.7 Å². The summed E-state index contributed by atoms with van der Waals surface area (Å²) in [7, 11) is 2.08. The lowest BCUT2D eigenvalue weighted by atomic mass is 9.71. The zero-order valence-corrected chi connectivity index (χ0v) is 14.2. The van der Waals surface area contributed by atoms with E-state index in [0.717, 1.165) is 5.92 Å². The Morgan fingerprint density at radius 3 is 2.41 bits per heavy atom. The van der Waals surface area contributed by atoms with E-state index < -0.39 is 0 Å². The van der Waals surface area contributed by atoms with Gasteiger partial charge in [0.1, 0.15) is 0 Å². The van der Waals surface area contributed by atoms with E-state index >= 15 is 0 Å². The predicted molar refractivity (Wildman–Crippen MR) is 94.2 cm³/mol. The molecule has 1 saturated carbocycles. The van der Waals surface area contributed by atoms with Gasteiger partial charge in [0.15, 0.2) is 0 Å². The van der Waals surface area contributed by atoms with Gasteiger partial charge < -0.3 is 5.32 Å². The Balaban J connectivity index is 1.68. The highest BCUT2D eigenvalue weighted by molar-refractivity contribution is 5.19. The van der Waals surface area contributed by atoms with Gasteiger partial charge in [0.25, 0.3) is 0 Å². The van der Waals surface area contributed by atoms with E-state index in [-0.39, 0.29) is 0 Å². The van der Waals surface area contributed by atoms with Crippen molar-refractivity contribution in [1.82, 2.24) is 10.2 Å². The summed E-state index contributed by atoms with van der Waals surface area (Å²) in [6.07, 6.45) is 11.1. The Morgan fingerprint density at radius 1 is 1.09 bits per heavy atom. The molecule has 22 heavy (non-hydrogen) atoms. The molecule has 1 aromatic rings. The molecule has 0 bridgehead atoms. The summed E-state index contributed by atoms with van der Waals surface area (Å²) < 4.78 is 0. The Labute approximate surface area is 136 Å². The van der Waals surface area contributed by atoms with Crippen molar-refractivity contribution in [3.63, 3.8) is 0 Å². The highest BCUT2D eigenvalue weighted by atomic mass is 15.2. The predicted octanol–water partition coefficient (Wildman–Crippen LogP) is 3.86. The fourth-order valence-electron chi connectivity index (χ4n) is 4.62. The summed E-state index contributed by atoms with van der Waals surface area (Å²) in [4.78, 5) is 2.84. The first kappa shape index (κ1) is 16.0. The van der Waals surface area contributed by atoms with Gasteiger partial charge in [-0.15, -0.1) is 0 Å². The van der Waals surface area contributed by atoms with Crippen molar-refractivity contribution >= 4 is 0 Å². The molecule has 0 aromatic heterocycles. The lowest BCUT2D eigenvalue weighted by Gasteiger charge is -2.47. The van der Waals surface area contributed by atoms with Gasteiger partial charge in [0, 0.05) is 5.54 Å². The molecule has 2 heteroatoms. The van der Waals surface area contributed by atoms with Crippen LogP contribution in [0.5, 0.6) is 0 Å². The van der Waals surface area contributed by atoms with Crippen LogP contribution < -0.4 is 5.32 Å². The van der Waals surface area contributed by atoms with E-state index in [1.165, 1.54) is 76.6 Å². The Bertz CT molecular complexity index is 428. The van der Waals surface area contributed by atoms with Gasteiger partial charge in [0.2, 0.25) is 0 Å². The molecule has 0 atom stereocenters. The SMILES string of the molecule is CNCCC1CCC(Cc2ccccc2)(N2CCCC2)CC1. The Morgan fingerprint density at radius 2 is 1.77 bits per heavy atom. The first-order valence-electron chi connectivity index (χ1n) is 9.26. The van der Waals surface area contributed by atoms with Gasteiger partial charge in [-0.2, -0.15) is 0 Å². The molecule has 0 radical (unpaired) electrons. The molecule has 0 unspecified atom stereocenters. The monoisotopic (exact) mass is 300 g/mol. The average Bonchev–Trinajstić information content (AvgIpc) is 3.10. The highest BCUT2D eigenvalue weighted by Gasteiger charge is 2.40. The van der Waals surface area contributed by atoms with Gasteiger partial charge in [-0.1, -0.05) is 30.3 Å². The maximum absolute atomic E-state index is 3.32. The molecule has 1 heterocycles. The third kappa shape index (κ3) is 3.72. The molecule has 1 saturated heterocycles. The van der Waals surface area contributed by atoms with Crippen LogP contribution in [0, 0.1) is 5.92 Å². The molecule has 122 valence electrons. The van der Waals surface area contributed by atoms with Crippen LogP contribution in [0.25, 0.3) is 0 Å². The van der Waals surface area contributed by atoms with Gasteiger partial charge in [0.05, 0.1) is 0 Å². The van der Waals surface area contributed by atoms with Crippen molar-refractivity contribution in [2.45, 2.75) is 56.9 Å². The lowest BCUT2D eigenvalue weighted by Crippen LogP contribution is -2.51. The molecule has 2 fully saturated rings. The first-order chi connectivity index (χ1) is 10.8. The molecule has 2 nitrogen and oxygen atoms in total. The van der Waals surface area contributed by atoms with Crippen LogP contribution in [0.4, 0.5) is 0 Å². The fourth-order valence-corrected chi connectivity index (χ4v) is 4.62. The summed E-state index contributed by atoms with van der Waals surface area (Å²) in [5.74, 6) is 0.943. The van der Waals surface area contributed by atoms with Crippen LogP contribution in [-0.4, -0.2) is 37.1 Å². The second-order valence-corrected chi connectivity index (χ2v) is 7.42. The van der Waals surface area contributed by atoms with Crippen molar-refractivity contribution in [1.29, 1.82) is 0 Å². The second kappa shape index (κ2) is 7.61. The van der Waals surface area contributed by atoms with Crippen molar-refractivity contribution in [2.24, 2.45) is 5.92 Å². The molecule has 0 amide bonds. The van der Waals surface area contributed by atoms with Gasteiger partial charge in [-0.3, -0.25) is 4.90 Å². The smallest absolute Gasteiger partial charge is 0.0250 e. The van der Waals surface area contributed by atoms with Gasteiger partial charge in [-0.05, 0) is 89.5 Å². The van der Waals surface area contributed by atoms with E-state index in [1.54, 1.807) is 0 Å². The van der Waals surface area contributed by atoms with Crippen LogP contribution in [0.3, 0.4) is 0 Å². The summed E-state index contributed by atoms with van der Waals surface area (Å²) in [6.45, 7) is 3.84. The minimum atomic E-state index is 0.452. The van der Waals surface area contributed by atoms with Gasteiger partial charge >= 0.3 is 0 Å². The third-order valence-corrected chi connectivity index (χ3v) is 5.99. The molecule has 0 spiro atoms. The Kier molecular flexibility index (Phi) is 5.54. The topological polar surface area (TPSA) is 15.3 Å². The van der Waals surface area contributed by atoms with Crippen molar-refractivity contribution in [3.05, 3.63) is 35.9 Å². The minimum absolute atomic E-state index is 0.452. The highest BCUT2D eigenvalue weighted by Crippen LogP contribution is 2.41. The van der Waals surface area contributed by atoms with E-state index in [9.17, 15) is 0 Å². The minimum Gasteiger partial charge on any atom is -0.320 e. The summed E-state index contributed by atoms with van der Waals surface area (Å²) in [5, 5.41) is 3.32. The van der Waals surface area contributed by atoms with E-state index in [0.29, 0.717) is 5.54 Å². The second-order valence-electron chi connectivity index (χ2n) is 7.42. The van der Waals surface area contributed by atoms with E-state index in [2.05, 4.69) is 47.6 Å². The van der Waals surface area contributed by atoms with E-state index in [1.807, 2.05) is 0 Å². The number of rotatable bonds is 6. The standard InChI is InChI=1S/C20H32N2/c1-21-14-11-18-9-12-20(13-10-18,22-15-5-6-16-22)17-19-7-3-2-4-8-19/h2-4,7-8,18,21H,5-6,9-17H2,1H3. The molecular weight excluding hydrogens is 268 g/mol. The van der Waals surface area contributed by atoms with Crippen molar-refractivity contribution < 1.29 is 0 Å². The number of likely N-dealkylation sites (tertiary alicyclic amines) is 1. The maximum Gasteiger partial charge on any atom is 0.0250 e. The molecule has 1 aromatic carbocycles. The van der Waals surface area contributed by atoms with Crippen LogP contribution in [0.1, 0.15) is 50.5 Å². The lowest BCUT2D eigenvalue weighted by molar-refractivity contribution is 0.0541. The quantitative estimate of drug-likeness (QED) is 0.858. The van der Waals surface area contributed by atoms with Crippen LogP contribution >= 0.6 is 0 Å². The summed E-state index contributed by atoms with van der Waals surface area (Å²) >= 11 is 0. The van der Waals surface area contributed by atoms with Crippen molar-refractivity contribution in [3.8, 4) is 0 Å². The van der Waals surface area contributed by atoms with Crippen LogP contribution in [-0.2, 0) is 6.42 Å². The molecule has 3 rings (SSSR count). The maximum atomic E-state index is 3.32. The average molecular weight is 300 g/mol. The fraction of sp³-hybridized carbons (Fsp3) is 0.700. The molecule has 1 aliphatic heterocycles. The van der Waals surface area contributed by atoms with Crippen LogP contribution in [0.15, 0.2) is 30.3 Å². The normalized spacial score (nSPS) is 29.8.